The molecule has 0 unspecified atom stereocenters. The maximum Gasteiger partial charge on any atom is 0.338 e. The Morgan fingerprint density at radius 1 is 1.35 bits per heavy atom. The number of oxime groups is 1. The van der Waals surface area contributed by atoms with Gasteiger partial charge in [-0.25, -0.2) is 9.36 Å². The highest BCUT2D eigenvalue weighted by atomic mass is 35.5. The van der Waals surface area contributed by atoms with Crippen molar-refractivity contribution < 1.29 is 9.94 Å². The summed E-state index contributed by atoms with van der Waals surface area (Å²) in [5.41, 5.74) is -1.21. The summed E-state index contributed by atoms with van der Waals surface area (Å²) in [5, 5.41) is 14.7. The topological polar surface area (TPSA) is 85.8 Å². The molecule has 138 valence electrons. The van der Waals surface area contributed by atoms with E-state index >= 15 is 0 Å². The van der Waals surface area contributed by atoms with Gasteiger partial charge in [0.25, 0.3) is 5.56 Å². The molecule has 0 aliphatic rings. The third-order valence-electron chi connectivity index (χ3n) is 3.59. The Kier molecular flexibility index (Phi) is 6.28. The first-order valence-electron chi connectivity index (χ1n) is 7.64. The van der Waals surface area contributed by atoms with Gasteiger partial charge >= 0.3 is 5.69 Å². The van der Waals surface area contributed by atoms with E-state index in [-0.39, 0.29) is 33.6 Å². The second-order valence-corrected chi connectivity index (χ2v) is 6.07. The number of benzene rings is 1. The van der Waals surface area contributed by atoms with Crippen molar-refractivity contribution in [1.82, 2.24) is 9.13 Å². The molecule has 0 atom stereocenters. The lowest BCUT2D eigenvalue weighted by atomic mass is 10.1. The van der Waals surface area contributed by atoms with Gasteiger partial charge in [0.2, 0.25) is 5.88 Å². The summed E-state index contributed by atoms with van der Waals surface area (Å²) in [4.78, 5) is 30.5. The molecule has 0 amide bonds. The van der Waals surface area contributed by atoms with Gasteiger partial charge in [0.1, 0.15) is 12.2 Å². The Morgan fingerprint density at radius 2 is 2.04 bits per heavy atom. The molecular weight excluding hydrogens is 381 g/mol. The minimum absolute atomic E-state index is 0.135. The molecule has 1 aromatic heterocycles. The fraction of sp³-hybridized carbons (Fsp3) is 0.235. The van der Waals surface area contributed by atoms with Crippen LogP contribution in [-0.4, -0.2) is 26.6 Å². The van der Waals surface area contributed by atoms with Crippen LogP contribution in [0.4, 0.5) is 0 Å². The van der Waals surface area contributed by atoms with E-state index in [0.29, 0.717) is 6.42 Å². The summed E-state index contributed by atoms with van der Waals surface area (Å²) >= 11 is 11.9. The van der Waals surface area contributed by atoms with E-state index in [4.69, 9.17) is 28.0 Å². The standard InChI is InChI=1S/C17H17Cl2N3O4/c1-4-8-26-20-13(5-2)14-15(23)21(3)17(25)22(16(14)24)10-6-7-11(18)12(19)9-10/h4,6-7,9,23H,1,5,8H2,2-3H3. The molecule has 7 nitrogen and oxygen atoms in total. The van der Waals surface area contributed by atoms with Crippen molar-refractivity contribution in [1.29, 1.82) is 0 Å². The normalized spacial score (nSPS) is 11.5. The van der Waals surface area contributed by atoms with Crippen LogP contribution in [-0.2, 0) is 11.9 Å². The highest BCUT2D eigenvalue weighted by Gasteiger charge is 2.22. The lowest BCUT2D eigenvalue weighted by molar-refractivity contribution is 0.174. The zero-order chi connectivity index (χ0) is 19.4. The number of hydrogen-bond acceptors (Lipinski definition) is 5. The van der Waals surface area contributed by atoms with Gasteiger partial charge in [-0.05, 0) is 24.6 Å². The van der Waals surface area contributed by atoms with Crippen molar-refractivity contribution in [2.24, 2.45) is 12.2 Å². The molecule has 2 aromatic rings. The SMILES string of the molecule is C=CCON=C(CC)c1c(O)n(C)c(=O)n(-c2ccc(Cl)c(Cl)c2)c1=O. The first kappa shape index (κ1) is 19.8. The summed E-state index contributed by atoms with van der Waals surface area (Å²) in [7, 11) is 1.34. The van der Waals surface area contributed by atoms with E-state index in [1.54, 1.807) is 6.92 Å². The van der Waals surface area contributed by atoms with Gasteiger partial charge in [-0.15, -0.1) is 0 Å². The van der Waals surface area contributed by atoms with E-state index < -0.39 is 17.1 Å². The summed E-state index contributed by atoms with van der Waals surface area (Å²) in [6.07, 6.45) is 1.78. The Labute approximate surface area is 159 Å². The van der Waals surface area contributed by atoms with Gasteiger partial charge < -0.3 is 9.94 Å². The number of nitrogens with zero attached hydrogens (tertiary/aromatic N) is 3. The monoisotopic (exact) mass is 397 g/mol. The molecule has 1 N–H and O–H groups in total. The van der Waals surface area contributed by atoms with Crippen molar-refractivity contribution >= 4 is 28.9 Å². The minimum Gasteiger partial charge on any atom is -0.494 e. The fourth-order valence-electron chi connectivity index (χ4n) is 2.26. The second-order valence-electron chi connectivity index (χ2n) is 5.26. The number of aromatic hydroxyl groups is 1. The van der Waals surface area contributed by atoms with Gasteiger partial charge in [-0.1, -0.05) is 47.9 Å². The van der Waals surface area contributed by atoms with Crippen molar-refractivity contribution in [3.8, 4) is 11.6 Å². The molecule has 2 rings (SSSR count). The van der Waals surface area contributed by atoms with Crippen LogP contribution in [0.5, 0.6) is 5.88 Å². The molecule has 0 fully saturated rings. The van der Waals surface area contributed by atoms with Gasteiger partial charge in [-0.3, -0.25) is 9.36 Å². The van der Waals surface area contributed by atoms with Gasteiger partial charge in [0.05, 0.1) is 21.4 Å². The quantitative estimate of drug-likeness (QED) is 0.351. The summed E-state index contributed by atoms with van der Waals surface area (Å²) in [5.74, 6) is -0.501. The number of rotatable bonds is 6. The maximum atomic E-state index is 12.9. The van der Waals surface area contributed by atoms with E-state index in [1.165, 1.54) is 31.3 Å². The zero-order valence-electron chi connectivity index (χ0n) is 14.2. The maximum absolute atomic E-state index is 12.9. The highest BCUT2D eigenvalue weighted by Crippen LogP contribution is 2.24. The Balaban J connectivity index is 2.79. The molecule has 0 saturated carbocycles. The second kappa shape index (κ2) is 8.25. The van der Waals surface area contributed by atoms with Crippen LogP contribution >= 0.6 is 23.2 Å². The molecule has 0 aliphatic heterocycles. The van der Waals surface area contributed by atoms with Gasteiger partial charge in [0.15, 0.2) is 0 Å². The van der Waals surface area contributed by atoms with Crippen LogP contribution < -0.4 is 11.2 Å². The van der Waals surface area contributed by atoms with E-state index in [1.807, 2.05) is 0 Å². The number of aromatic nitrogens is 2. The lowest BCUT2D eigenvalue weighted by Gasteiger charge is -2.14. The third kappa shape index (κ3) is 3.68. The Hall–Kier alpha value is -2.51. The minimum atomic E-state index is -0.744. The van der Waals surface area contributed by atoms with Crippen molar-refractivity contribution in [3.63, 3.8) is 0 Å². The van der Waals surface area contributed by atoms with Crippen molar-refractivity contribution in [3.05, 3.63) is 67.3 Å². The van der Waals surface area contributed by atoms with Crippen molar-refractivity contribution in [2.75, 3.05) is 6.61 Å². The largest absolute Gasteiger partial charge is 0.494 e. The number of halogens is 2. The van der Waals surface area contributed by atoms with Crippen LogP contribution in [0.25, 0.3) is 5.69 Å². The Morgan fingerprint density at radius 3 is 2.62 bits per heavy atom. The molecule has 1 heterocycles. The molecule has 1 aromatic carbocycles. The third-order valence-corrected chi connectivity index (χ3v) is 4.33. The first-order chi connectivity index (χ1) is 12.3. The Bertz CT molecular complexity index is 993. The fourth-order valence-corrected chi connectivity index (χ4v) is 2.55. The summed E-state index contributed by atoms with van der Waals surface area (Å²) < 4.78 is 1.83. The average Bonchev–Trinajstić information content (AvgIpc) is 2.61. The molecule has 0 aliphatic carbocycles. The van der Waals surface area contributed by atoms with Gasteiger partial charge in [-0.2, -0.15) is 0 Å². The molecule has 9 heteroatoms. The van der Waals surface area contributed by atoms with E-state index in [0.717, 1.165) is 9.13 Å². The lowest BCUT2D eigenvalue weighted by Crippen LogP contribution is -2.40. The molecule has 0 radical (unpaired) electrons. The molecule has 0 bridgehead atoms. The van der Waals surface area contributed by atoms with Crippen LogP contribution in [0.2, 0.25) is 10.0 Å². The van der Waals surface area contributed by atoms with Crippen LogP contribution in [0.1, 0.15) is 18.9 Å². The summed E-state index contributed by atoms with van der Waals surface area (Å²) in [6.45, 7) is 5.38. The smallest absolute Gasteiger partial charge is 0.338 e. The highest BCUT2D eigenvalue weighted by molar-refractivity contribution is 6.42. The molecule has 0 saturated heterocycles. The first-order valence-corrected chi connectivity index (χ1v) is 8.39. The van der Waals surface area contributed by atoms with Crippen LogP contribution in [0.3, 0.4) is 0 Å². The molecule has 0 spiro atoms. The average molecular weight is 398 g/mol. The predicted octanol–water partition coefficient (Wildman–Crippen LogP) is 2.87. The van der Waals surface area contributed by atoms with Crippen LogP contribution in [0.15, 0.2) is 45.6 Å². The molecular formula is C17H17Cl2N3O4. The van der Waals surface area contributed by atoms with Gasteiger partial charge in [0, 0.05) is 7.05 Å². The van der Waals surface area contributed by atoms with Crippen molar-refractivity contribution in [2.45, 2.75) is 13.3 Å². The summed E-state index contributed by atoms with van der Waals surface area (Å²) in [6, 6.07) is 4.35. The van der Waals surface area contributed by atoms with E-state index in [9.17, 15) is 14.7 Å². The predicted molar refractivity (Wildman–Crippen MR) is 102 cm³/mol. The van der Waals surface area contributed by atoms with Crippen LogP contribution in [0, 0.1) is 0 Å². The zero-order valence-corrected chi connectivity index (χ0v) is 15.7. The van der Waals surface area contributed by atoms with E-state index in [2.05, 4.69) is 11.7 Å². The number of hydrogen-bond donors (Lipinski definition) is 1. The molecule has 26 heavy (non-hydrogen) atoms.